The molecule has 0 spiro atoms. The van der Waals surface area contributed by atoms with Crippen molar-refractivity contribution < 1.29 is 14.6 Å². The van der Waals surface area contributed by atoms with Crippen LogP contribution < -0.4 is 0 Å². The van der Waals surface area contributed by atoms with E-state index in [2.05, 4.69) is 0 Å². The molecule has 3 nitrogen and oxygen atoms in total. The third-order valence-corrected chi connectivity index (χ3v) is 2.17. The summed E-state index contributed by atoms with van der Waals surface area (Å²) in [7, 11) is 0. The number of rotatable bonds is 3. The van der Waals surface area contributed by atoms with E-state index in [0.717, 1.165) is 6.42 Å². The van der Waals surface area contributed by atoms with Crippen LogP contribution in [-0.4, -0.2) is 23.3 Å². The number of aliphatic hydroxyl groups excluding tert-OH is 1. The summed E-state index contributed by atoms with van der Waals surface area (Å²) < 4.78 is 4.82. The zero-order valence-corrected chi connectivity index (χ0v) is 6.91. The lowest BCUT2D eigenvalue weighted by Crippen LogP contribution is -2.44. The maximum atomic E-state index is 10.6. The molecular formula is C8H14O3. The van der Waals surface area contributed by atoms with Gasteiger partial charge in [-0.2, -0.15) is 0 Å². The van der Waals surface area contributed by atoms with Crippen LogP contribution in [0.5, 0.6) is 0 Å². The molecule has 1 aliphatic heterocycles. The first-order valence-electron chi connectivity index (χ1n) is 4.03. The van der Waals surface area contributed by atoms with Gasteiger partial charge < -0.3 is 9.84 Å². The summed E-state index contributed by atoms with van der Waals surface area (Å²) in [4.78, 5) is 10.6. The van der Waals surface area contributed by atoms with Gasteiger partial charge >= 0.3 is 5.97 Å². The highest BCUT2D eigenvalue weighted by Crippen LogP contribution is 2.25. The molecule has 0 aromatic heterocycles. The average molecular weight is 158 g/mol. The SMILES string of the molecule is CC[C@@H](O)C[C@@H]1OC(=O)[C@H]1C. The lowest BCUT2D eigenvalue weighted by molar-refractivity contribution is -0.185. The van der Waals surface area contributed by atoms with Crippen molar-refractivity contribution in [3.05, 3.63) is 0 Å². The molecule has 0 unspecified atom stereocenters. The Balaban J connectivity index is 2.24. The molecule has 0 saturated carbocycles. The normalized spacial score (nSPS) is 32.5. The fourth-order valence-electron chi connectivity index (χ4n) is 1.13. The molecule has 0 aliphatic carbocycles. The molecule has 1 N–H and O–H groups in total. The Morgan fingerprint density at radius 2 is 2.36 bits per heavy atom. The summed E-state index contributed by atoms with van der Waals surface area (Å²) in [5.41, 5.74) is 0. The largest absolute Gasteiger partial charge is 0.461 e. The van der Waals surface area contributed by atoms with Gasteiger partial charge in [0.25, 0.3) is 0 Å². The Bertz CT molecular complexity index is 155. The van der Waals surface area contributed by atoms with E-state index in [1.165, 1.54) is 0 Å². The van der Waals surface area contributed by atoms with Crippen molar-refractivity contribution in [2.45, 2.75) is 38.9 Å². The smallest absolute Gasteiger partial charge is 0.312 e. The summed E-state index contributed by atoms with van der Waals surface area (Å²) in [6, 6.07) is 0. The van der Waals surface area contributed by atoms with Gasteiger partial charge in [-0.3, -0.25) is 4.79 Å². The molecular weight excluding hydrogens is 144 g/mol. The molecule has 0 bridgehead atoms. The quantitative estimate of drug-likeness (QED) is 0.615. The molecule has 1 fully saturated rings. The molecule has 1 saturated heterocycles. The van der Waals surface area contributed by atoms with Crippen LogP contribution in [0.15, 0.2) is 0 Å². The van der Waals surface area contributed by atoms with Crippen LogP contribution in [0.3, 0.4) is 0 Å². The molecule has 11 heavy (non-hydrogen) atoms. The van der Waals surface area contributed by atoms with Crippen molar-refractivity contribution >= 4 is 5.97 Å². The minimum Gasteiger partial charge on any atom is -0.461 e. The predicted molar refractivity (Wildman–Crippen MR) is 40.0 cm³/mol. The third kappa shape index (κ3) is 1.71. The first-order valence-corrected chi connectivity index (χ1v) is 4.03. The number of carbonyl (C=O) groups is 1. The Morgan fingerprint density at radius 1 is 1.73 bits per heavy atom. The predicted octanol–water partition coefficient (Wildman–Crippen LogP) is 0.709. The number of cyclic esters (lactones) is 1. The van der Waals surface area contributed by atoms with Gasteiger partial charge in [0.1, 0.15) is 6.10 Å². The fraction of sp³-hybridized carbons (Fsp3) is 0.875. The molecule has 1 heterocycles. The van der Waals surface area contributed by atoms with Crippen molar-refractivity contribution in [3.8, 4) is 0 Å². The Morgan fingerprint density at radius 3 is 2.73 bits per heavy atom. The second-order valence-electron chi connectivity index (χ2n) is 3.06. The first-order chi connectivity index (χ1) is 5.15. The van der Waals surface area contributed by atoms with E-state index in [0.29, 0.717) is 6.42 Å². The number of ether oxygens (including phenoxy) is 1. The molecule has 64 valence electrons. The number of esters is 1. The second kappa shape index (κ2) is 3.22. The van der Waals surface area contributed by atoms with Crippen LogP contribution in [0, 0.1) is 5.92 Å². The maximum absolute atomic E-state index is 10.6. The number of hydrogen-bond donors (Lipinski definition) is 1. The van der Waals surface area contributed by atoms with Crippen LogP contribution in [0.1, 0.15) is 26.7 Å². The van der Waals surface area contributed by atoms with Gasteiger partial charge in [0.05, 0.1) is 12.0 Å². The maximum Gasteiger partial charge on any atom is 0.312 e. The second-order valence-corrected chi connectivity index (χ2v) is 3.06. The topological polar surface area (TPSA) is 46.5 Å². The Kier molecular flexibility index (Phi) is 2.49. The van der Waals surface area contributed by atoms with Crippen molar-refractivity contribution in [3.63, 3.8) is 0 Å². The molecule has 0 aromatic carbocycles. The van der Waals surface area contributed by atoms with Gasteiger partial charge in [0, 0.05) is 6.42 Å². The van der Waals surface area contributed by atoms with E-state index in [4.69, 9.17) is 4.74 Å². The summed E-state index contributed by atoms with van der Waals surface area (Å²) in [5, 5.41) is 9.21. The van der Waals surface area contributed by atoms with E-state index >= 15 is 0 Å². The molecule has 0 aromatic rings. The van der Waals surface area contributed by atoms with Crippen LogP contribution in [-0.2, 0) is 9.53 Å². The van der Waals surface area contributed by atoms with Crippen molar-refractivity contribution in [2.24, 2.45) is 5.92 Å². The van der Waals surface area contributed by atoms with E-state index < -0.39 is 0 Å². The van der Waals surface area contributed by atoms with Crippen LogP contribution in [0.4, 0.5) is 0 Å². The number of hydrogen-bond acceptors (Lipinski definition) is 3. The average Bonchev–Trinajstić information content (AvgIpc) is 2.03. The number of aliphatic hydroxyl groups is 1. The van der Waals surface area contributed by atoms with E-state index in [9.17, 15) is 9.90 Å². The van der Waals surface area contributed by atoms with Gasteiger partial charge in [-0.1, -0.05) is 6.92 Å². The first kappa shape index (κ1) is 8.53. The summed E-state index contributed by atoms with van der Waals surface area (Å²) in [5.74, 6) is -0.158. The highest BCUT2D eigenvalue weighted by Gasteiger charge is 2.39. The molecule has 0 radical (unpaired) electrons. The summed E-state index contributed by atoms with van der Waals surface area (Å²) in [6.45, 7) is 3.74. The Labute approximate surface area is 66.4 Å². The van der Waals surface area contributed by atoms with E-state index in [1.54, 1.807) is 0 Å². The van der Waals surface area contributed by atoms with E-state index in [1.807, 2.05) is 13.8 Å². The molecule has 0 amide bonds. The zero-order chi connectivity index (χ0) is 8.43. The molecule has 3 atom stereocenters. The lowest BCUT2D eigenvalue weighted by Gasteiger charge is -2.33. The molecule has 1 rings (SSSR count). The minimum absolute atomic E-state index is 0.0174. The minimum atomic E-state index is -0.324. The van der Waals surface area contributed by atoms with E-state index in [-0.39, 0.29) is 24.1 Å². The standard InChI is InChI=1S/C8H14O3/c1-3-6(9)4-7-5(2)8(10)11-7/h5-7,9H,3-4H2,1-2H3/t5-,6+,7-/m0/s1. The van der Waals surface area contributed by atoms with Crippen molar-refractivity contribution in [1.29, 1.82) is 0 Å². The van der Waals surface area contributed by atoms with Gasteiger partial charge in [-0.15, -0.1) is 0 Å². The third-order valence-electron chi connectivity index (χ3n) is 2.17. The molecule has 3 heteroatoms. The van der Waals surface area contributed by atoms with Gasteiger partial charge in [0.15, 0.2) is 0 Å². The zero-order valence-electron chi connectivity index (χ0n) is 6.91. The van der Waals surface area contributed by atoms with Crippen molar-refractivity contribution in [2.75, 3.05) is 0 Å². The molecule has 1 aliphatic rings. The van der Waals surface area contributed by atoms with Gasteiger partial charge in [-0.05, 0) is 13.3 Å². The monoisotopic (exact) mass is 158 g/mol. The summed E-state index contributed by atoms with van der Waals surface area (Å²) >= 11 is 0. The van der Waals surface area contributed by atoms with Crippen LogP contribution in [0.2, 0.25) is 0 Å². The highest BCUT2D eigenvalue weighted by atomic mass is 16.6. The highest BCUT2D eigenvalue weighted by molar-refractivity contribution is 5.77. The number of carbonyl (C=O) groups excluding carboxylic acids is 1. The summed E-state index contributed by atoms with van der Waals surface area (Å²) in [6.07, 6.45) is 0.942. The van der Waals surface area contributed by atoms with Crippen LogP contribution in [0.25, 0.3) is 0 Å². The Hall–Kier alpha value is -0.570. The van der Waals surface area contributed by atoms with Crippen molar-refractivity contribution in [1.82, 2.24) is 0 Å². The van der Waals surface area contributed by atoms with Crippen LogP contribution >= 0.6 is 0 Å². The van der Waals surface area contributed by atoms with Gasteiger partial charge in [-0.25, -0.2) is 0 Å². The lowest BCUT2D eigenvalue weighted by atomic mass is 9.93. The van der Waals surface area contributed by atoms with Gasteiger partial charge in [0.2, 0.25) is 0 Å². The fourth-order valence-corrected chi connectivity index (χ4v) is 1.13.